The minimum atomic E-state index is -0.228. The molecule has 0 radical (unpaired) electrons. The van der Waals surface area contributed by atoms with Gasteiger partial charge in [0, 0.05) is 30.4 Å². The van der Waals surface area contributed by atoms with Crippen LogP contribution in [0.15, 0.2) is 23.1 Å². The zero-order chi connectivity index (χ0) is 12.4. The molecule has 0 aliphatic carbocycles. The maximum Gasteiger partial charge on any atom is 0.254 e. The predicted molar refractivity (Wildman–Crippen MR) is 66.0 cm³/mol. The van der Waals surface area contributed by atoms with E-state index in [1.807, 2.05) is 4.90 Å². The molecule has 0 aromatic carbocycles. The van der Waals surface area contributed by atoms with Crippen LogP contribution in [0.3, 0.4) is 0 Å². The molecular weight excluding hydrogens is 216 g/mol. The van der Waals surface area contributed by atoms with Crippen molar-refractivity contribution in [3.63, 3.8) is 0 Å². The van der Waals surface area contributed by atoms with Crippen LogP contribution in [0.4, 0.5) is 0 Å². The number of piperidine rings is 1. The maximum atomic E-state index is 12.3. The third-order valence-corrected chi connectivity index (χ3v) is 3.66. The van der Waals surface area contributed by atoms with Gasteiger partial charge < -0.3 is 9.88 Å². The highest BCUT2D eigenvalue weighted by atomic mass is 16.2. The molecule has 1 aliphatic rings. The van der Waals surface area contributed by atoms with Gasteiger partial charge in [-0.1, -0.05) is 6.92 Å². The van der Waals surface area contributed by atoms with Gasteiger partial charge in [-0.25, -0.2) is 0 Å². The molecule has 2 rings (SSSR count). The summed E-state index contributed by atoms with van der Waals surface area (Å²) < 4.78 is 0. The van der Waals surface area contributed by atoms with Crippen LogP contribution >= 0.6 is 0 Å². The Morgan fingerprint density at radius 2 is 2.24 bits per heavy atom. The number of hydrogen-bond donors (Lipinski definition) is 1. The van der Waals surface area contributed by atoms with Gasteiger partial charge in [0.15, 0.2) is 0 Å². The molecule has 17 heavy (non-hydrogen) atoms. The second-order valence-electron chi connectivity index (χ2n) is 4.80. The molecule has 2 unspecified atom stereocenters. The Kier molecular flexibility index (Phi) is 3.31. The third-order valence-electron chi connectivity index (χ3n) is 3.66. The van der Waals surface area contributed by atoms with Crippen molar-refractivity contribution < 1.29 is 4.79 Å². The predicted octanol–water partition coefficient (Wildman–Crippen LogP) is 1.64. The number of aromatic amines is 1. The molecule has 1 aromatic heterocycles. The second-order valence-corrected chi connectivity index (χ2v) is 4.80. The highest BCUT2D eigenvalue weighted by Gasteiger charge is 2.28. The van der Waals surface area contributed by atoms with E-state index in [1.165, 1.54) is 18.7 Å². The SMILES string of the molecule is CC1CCCN(C(=O)c2cc[nH]c(=O)c2)C1C. The quantitative estimate of drug-likeness (QED) is 0.803. The molecule has 1 aromatic rings. The fourth-order valence-electron chi connectivity index (χ4n) is 2.37. The number of H-pyrrole nitrogens is 1. The number of aromatic nitrogens is 1. The number of rotatable bonds is 1. The van der Waals surface area contributed by atoms with Gasteiger partial charge >= 0.3 is 0 Å². The molecule has 4 nitrogen and oxygen atoms in total. The first kappa shape index (κ1) is 11.9. The van der Waals surface area contributed by atoms with E-state index in [1.54, 1.807) is 6.07 Å². The summed E-state index contributed by atoms with van der Waals surface area (Å²) in [5.74, 6) is 0.491. The first-order valence-corrected chi connectivity index (χ1v) is 6.09. The Morgan fingerprint density at radius 3 is 2.94 bits per heavy atom. The lowest BCUT2D eigenvalue weighted by Crippen LogP contribution is -2.46. The van der Waals surface area contributed by atoms with Crippen molar-refractivity contribution in [3.05, 3.63) is 34.2 Å². The Labute approximate surface area is 101 Å². The van der Waals surface area contributed by atoms with E-state index in [0.717, 1.165) is 13.0 Å². The molecule has 1 saturated heterocycles. The monoisotopic (exact) mass is 234 g/mol. The molecule has 1 amide bonds. The molecular formula is C13H18N2O2. The number of carbonyl (C=O) groups is 1. The number of pyridine rings is 1. The van der Waals surface area contributed by atoms with E-state index in [9.17, 15) is 9.59 Å². The zero-order valence-electron chi connectivity index (χ0n) is 10.3. The molecule has 2 atom stereocenters. The molecule has 1 aliphatic heterocycles. The minimum Gasteiger partial charge on any atom is -0.336 e. The zero-order valence-corrected chi connectivity index (χ0v) is 10.3. The molecule has 0 saturated carbocycles. The average Bonchev–Trinajstić information content (AvgIpc) is 2.32. The summed E-state index contributed by atoms with van der Waals surface area (Å²) in [5, 5.41) is 0. The minimum absolute atomic E-state index is 0.0323. The fourth-order valence-corrected chi connectivity index (χ4v) is 2.37. The van der Waals surface area contributed by atoms with Gasteiger partial charge in [0.1, 0.15) is 0 Å². The van der Waals surface area contributed by atoms with Crippen LogP contribution in [0, 0.1) is 5.92 Å². The molecule has 4 heteroatoms. The molecule has 0 bridgehead atoms. The van der Waals surface area contributed by atoms with Gasteiger partial charge in [-0.15, -0.1) is 0 Å². The first-order chi connectivity index (χ1) is 8.09. The van der Waals surface area contributed by atoms with Crippen LogP contribution in [0.1, 0.15) is 37.0 Å². The number of carbonyl (C=O) groups excluding carboxylic acids is 1. The highest BCUT2D eigenvalue weighted by Crippen LogP contribution is 2.24. The van der Waals surface area contributed by atoms with Crippen molar-refractivity contribution in [2.75, 3.05) is 6.54 Å². The van der Waals surface area contributed by atoms with Crippen LogP contribution in [0.25, 0.3) is 0 Å². The van der Waals surface area contributed by atoms with E-state index in [0.29, 0.717) is 11.5 Å². The van der Waals surface area contributed by atoms with E-state index in [2.05, 4.69) is 18.8 Å². The van der Waals surface area contributed by atoms with Crippen LogP contribution < -0.4 is 5.56 Å². The van der Waals surface area contributed by atoms with E-state index >= 15 is 0 Å². The first-order valence-electron chi connectivity index (χ1n) is 6.09. The Morgan fingerprint density at radius 1 is 1.47 bits per heavy atom. The maximum absolute atomic E-state index is 12.3. The van der Waals surface area contributed by atoms with E-state index in [-0.39, 0.29) is 17.5 Å². The van der Waals surface area contributed by atoms with Gasteiger partial charge in [-0.2, -0.15) is 0 Å². The van der Waals surface area contributed by atoms with Gasteiger partial charge in [-0.3, -0.25) is 9.59 Å². The largest absolute Gasteiger partial charge is 0.336 e. The topological polar surface area (TPSA) is 53.2 Å². The molecule has 0 spiro atoms. The summed E-state index contributed by atoms with van der Waals surface area (Å²) in [6.07, 6.45) is 3.73. The Hall–Kier alpha value is -1.58. The lowest BCUT2D eigenvalue weighted by atomic mass is 9.91. The normalized spacial score (nSPS) is 24.7. The van der Waals surface area contributed by atoms with Crippen molar-refractivity contribution in [3.8, 4) is 0 Å². The van der Waals surface area contributed by atoms with Crippen molar-refractivity contribution in [1.82, 2.24) is 9.88 Å². The van der Waals surface area contributed by atoms with Crippen LogP contribution in [0.2, 0.25) is 0 Å². The second kappa shape index (κ2) is 4.73. The Balaban J connectivity index is 2.22. The molecule has 92 valence electrons. The van der Waals surface area contributed by atoms with Crippen molar-refractivity contribution in [1.29, 1.82) is 0 Å². The summed E-state index contributed by atoms with van der Waals surface area (Å²) in [7, 11) is 0. The smallest absolute Gasteiger partial charge is 0.254 e. The summed E-state index contributed by atoms with van der Waals surface area (Å²) in [6.45, 7) is 5.04. The Bertz CT molecular complexity index is 466. The lowest BCUT2D eigenvalue weighted by molar-refractivity contribution is 0.0551. The van der Waals surface area contributed by atoms with Gasteiger partial charge in [-0.05, 0) is 31.7 Å². The van der Waals surface area contributed by atoms with E-state index in [4.69, 9.17) is 0 Å². The summed E-state index contributed by atoms with van der Waals surface area (Å²) in [4.78, 5) is 27.9. The number of nitrogens with one attached hydrogen (secondary N) is 1. The molecule has 1 N–H and O–H groups in total. The average molecular weight is 234 g/mol. The fraction of sp³-hybridized carbons (Fsp3) is 0.538. The number of hydrogen-bond acceptors (Lipinski definition) is 2. The summed E-state index contributed by atoms with van der Waals surface area (Å²) in [6, 6.07) is 3.28. The van der Waals surface area contributed by atoms with E-state index < -0.39 is 0 Å². The highest BCUT2D eigenvalue weighted by molar-refractivity contribution is 5.94. The molecule has 1 fully saturated rings. The van der Waals surface area contributed by atoms with Crippen LogP contribution in [0.5, 0.6) is 0 Å². The third kappa shape index (κ3) is 2.40. The summed E-state index contributed by atoms with van der Waals surface area (Å²) in [5.41, 5.74) is 0.253. The number of nitrogens with zero attached hydrogens (tertiary/aromatic N) is 1. The molecule has 2 heterocycles. The number of likely N-dealkylation sites (tertiary alicyclic amines) is 1. The van der Waals surface area contributed by atoms with Crippen molar-refractivity contribution in [2.24, 2.45) is 5.92 Å². The van der Waals surface area contributed by atoms with Crippen LogP contribution in [-0.2, 0) is 0 Å². The van der Waals surface area contributed by atoms with Gasteiger partial charge in [0.2, 0.25) is 5.56 Å². The van der Waals surface area contributed by atoms with Crippen molar-refractivity contribution >= 4 is 5.91 Å². The van der Waals surface area contributed by atoms with Gasteiger partial charge in [0.25, 0.3) is 5.91 Å². The van der Waals surface area contributed by atoms with Gasteiger partial charge in [0.05, 0.1) is 0 Å². The lowest BCUT2D eigenvalue weighted by Gasteiger charge is -2.37. The summed E-state index contributed by atoms with van der Waals surface area (Å²) >= 11 is 0. The standard InChI is InChI=1S/C13H18N2O2/c1-9-4-3-7-15(10(9)2)13(17)11-5-6-14-12(16)8-11/h5-6,8-10H,3-4,7H2,1-2H3,(H,14,16). The van der Waals surface area contributed by atoms with Crippen LogP contribution in [-0.4, -0.2) is 28.4 Å². The van der Waals surface area contributed by atoms with Crippen molar-refractivity contribution in [2.45, 2.75) is 32.7 Å². The number of amides is 1.